The fraction of sp³-hybridized carbons (Fsp3) is 0. The quantitative estimate of drug-likeness (QED) is 0.608. The highest BCUT2D eigenvalue weighted by Gasteiger charge is 2.11. The van der Waals surface area contributed by atoms with Crippen molar-refractivity contribution in [2.24, 2.45) is 0 Å². The van der Waals surface area contributed by atoms with Crippen molar-refractivity contribution in [3.8, 4) is 17.3 Å². The summed E-state index contributed by atoms with van der Waals surface area (Å²) in [6, 6.07) is 19.2. The average molecular weight is 323 g/mol. The highest BCUT2D eigenvalue weighted by atomic mass is 14.9. The smallest absolute Gasteiger partial charge is 0.161 e. The van der Waals surface area contributed by atoms with Crippen LogP contribution in [0.25, 0.3) is 22.3 Å². The summed E-state index contributed by atoms with van der Waals surface area (Å²) < 4.78 is 0. The van der Waals surface area contributed by atoms with Crippen molar-refractivity contribution in [1.29, 1.82) is 5.26 Å². The number of hydrogen-bond acceptors (Lipinski definition) is 5. The zero-order valence-electron chi connectivity index (χ0n) is 13.2. The molecule has 25 heavy (non-hydrogen) atoms. The molecule has 4 rings (SSSR count). The molecular weight excluding hydrogens is 310 g/mol. The third-order valence-corrected chi connectivity index (χ3v) is 3.87. The third kappa shape index (κ3) is 2.89. The van der Waals surface area contributed by atoms with Crippen molar-refractivity contribution in [3.63, 3.8) is 0 Å². The summed E-state index contributed by atoms with van der Waals surface area (Å²) in [5.74, 6) is 0. The Balaban J connectivity index is 1.91. The van der Waals surface area contributed by atoms with Gasteiger partial charge in [0.25, 0.3) is 0 Å². The van der Waals surface area contributed by atoms with Crippen molar-refractivity contribution < 1.29 is 0 Å². The third-order valence-electron chi connectivity index (χ3n) is 3.87. The fourth-order valence-electron chi connectivity index (χ4n) is 2.69. The Hall–Kier alpha value is -3.78. The number of hydrogen-bond donors (Lipinski definition) is 1. The van der Waals surface area contributed by atoms with Gasteiger partial charge in [-0.15, -0.1) is 0 Å². The summed E-state index contributed by atoms with van der Waals surface area (Å²) >= 11 is 0. The minimum atomic E-state index is 0.583. The van der Waals surface area contributed by atoms with Gasteiger partial charge in [-0.1, -0.05) is 18.2 Å². The first-order valence-electron chi connectivity index (χ1n) is 7.77. The van der Waals surface area contributed by atoms with E-state index in [-0.39, 0.29) is 0 Å². The van der Waals surface area contributed by atoms with Crippen LogP contribution < -0.4 is 5.32 Å². The normalized spacial score (nSPS) is 10.4. The Kier molecular flexibility index (Phi) is 3.77. The molecule has 118 valence electrons. The maximum Gasteiger partial charge on any atom is 0.161 e. The van der Waals surface area contributed by atoms with Gasteiger partial charge in [0.1, 0.15) is 0 Å². The van der Waals surface area contributed by atoms with E-state index in [0.717, 1.165) is 22.3 Å². The van der Waals surface area contributed by atoms with Crippen LogP contribution in [0.1, 0.15) is 5.56 Å². The number of fused-ring (bicyclic) bond motifs is 1. The lowest BCUT2D eigenvalue weighted by atomic mass is 10.0. The molecule has 0 aliphatic heterocycles. The van der Waals surface area contributed by atoms with E-state index in [1.807, 2.05) is 48.5 Å². The predicted molar refractivity (Wildman–Crippen MR) is 97.2 cm³/mol. The van der Waals surface area contributed by atoms with Crippen LogP contribution in [0.5, 0.6) is 0 Å². The maximum absolute atomic E-state index is 9.38. The van der Waals surface area contributed by atoms with Crippen LogP contribution in [0.15, 0.2) is 73.2 Å². The van der Waals surface area contributed by atoms with Gasteiger partial charge >= 0.3 is 0 Å². The summed E-state index contributed by atoms with van der Waals surface area (Å²) in [6.45, 7) is 0. The summed E-state index contributed by atoms with van der Waals surface area (Å²) in [4.78, 5) is 13.1. The molecule has 5 nitrogen and oxygen atoms in total. The monoisotopic (exact) mass is 323 g/mol. The Morgan fingerprint density at radius 1 is 0.920 bits per heavy atom. The molecule has 0 bridgehead atoms. The van der Waals surface area contributed by atoms with Crippen molar-refractivity contribution in [2.45, 2.75) is 0 Å². The van der Waals surface area contributed by atoms with E-state index in [2.05, 4.69) is 26.3 Å². The second-order valence-corrected chi connectivity index (χ2v) is 5.45. The first-order chi connectivity index (χ1) is 12.3. The number of nitrogens with one attached hydrogen (secondary N) is 1. The number of rotatable bonds is 3. The molecule has 0 unspecified atom stereocenters. The van der Waals surface area contributed by atoms with Crippen LogP contribution in [0.3, 0.4) is 0 Å². The van der Waals surface area contributed by atoms with E-state index in [1.165, 1.54) is 0 Å². The SMILES string of the molecule is N#Cc1ccccc1-c1cc(Nc2ccncc2)c2cccnc2n1. The average Bonchev–Trinajstić information content (AvgIpc) is 2.68. The lowest BCUT2D eigenvalue weighted by Gasteiger charge is -2.12. The minimum absolute atomic E-state index is 0.583. The molecule has 0 spiro atoms. The van der Waals surface area contributed by atoms with Gasteiger partial charge in [-0.3, -0.25) is 4.98 Å². The molecule has 1 aromatic carbocycles. The molecule has 3 aromatic heterocycles. The summed E-state index contributed by atoms with van der Waals surface area (Å²) in [5, 5.41) is 13.7. The zero-order valence-corrected chi connectivity index (χ0v) is 13.2. The van der Waals surface area contributed by atoms with Crippen molar-refractivity contribution >= 4 is 22.4 Å². The van der Waals surface area contributed by atoms with Gasteiger partial charge in [0.15, 0.2) is 5.65 Å². The van der Waals surface area contributed by atoms with E-state index >= 15 is 0 Å². The largest absolute Gasteiger partial charge is 0.355 e. The van der Waals surface area contributed by atoms with E-state index in [1.54, 1.807) is 24.7 Å². The summed E-state index contributed by atoms with van der Waals surface area (Å²) in [7, 11) is 0. The molecule has 1 N–H and O–H groups in total. The Bertz CT molecular complexity index is 1080. The first-order valence-corrected chi connectivity index (χ1v) is 7.77. The first kappa shape index (κ1) is 14.8. The van der Waals surface area contributed by atoms with Crippen LogP contribution in [-0.4, -0.2) is 15.0 Å². The molecule has 0 saturated heterocycles. The number of nitriles is 1. The van der Waals surface area contributed by atoms with Gasteiger partial charge < -0.3 is 5.32 Å². The van der Waals surface area contributed by atoms with Gasteiger partial charge in [-0.25, -0.2) is 9.97 Å². The van der Waals surface area contributed by atoms with Crippen LogP contribution in [0.2, 0.25) is 0 Å². The molecule has 0 amide bonds. The minimum Gasteiger partial charge on any atom is -0.355 e. The van der Waals surface area contributed by atoms with Gasteiger partial charge in [-0.05, 0) is 36.4 Å². The second-order valence-electron chi connectivity index (χ2n) is 5.45. The standard InChI is InChI=1S/C20H13N5/c21-13-14-4-1-2-5-16(14)18-12-19(24-15-7-10-22-11-8-15)17-6-3-9-23-20(17)25-18/h1-12H,(H,22,23,24,25). The highest BCUT2D eigenvalue weighted by Crippen LogP contribution is 2.30. The van der Waals surface area contributed by atoms with Crippen molar-refractivity contribution in [1.82, 2.24) is 15.0 Å². The molecule has 0 aliphatic rings. The van der Waals surface area contributed by atoms with Crippen LogP contribution in [0.4, 0.5) is 11.4 Å². The van der Waals surface area contributed by atoms with Gasteiger partial charge in [0, 0.05) is 35.2 Å². The molecular formula is C20H13N5. The van der Waals surface area contributed by atoms with E-state index in [0.29, 0.717) is 16.9 Å². The number of pyridine rings is 3. The van der Waals surface area contributed by atoms with Crippen molar-refractivity contribution in [2.75, 3.05) is 5.32 Å². The van der Waals surface area contributed by atoms with Crippen LogP contribution in [0, 0.1) is 11.3 Å². The number of benzene rings is 1. The van der Waals surface area contributed by atoms with E-state index in [4.69, 9.17) is 0 Å². The Morgan fingerprint density at radius 2 is 1.76 bits per heavy atom. The zero-order chi connectivity index (χ0) is 17.1. The van der Waals surface area contributed by atoms with Gasteiger partial charge in [0.05, 0.1) is 23.0 Å². The maximum atomic E-state index is 9.38. The lowest BCUT2D eigenvalue weighted by molar-refractivity contribution is 1.28. The topological polar surface area (TPSA) is 74.5 Å². The molecule has 0 aliphatic carbocycles. The molecule has 4 aromatic rings. The predicted octanol–water partition coefficient (Wildman–Crippen LogP) is 4.31. The van der Waals surface area contributed by atoms with Crippen LogP contribution >= 0.6 is 0 Å². The number of aromatic nitrogens is 3. The summed E-state index contributed by atoms with van der Waals surface area (Å²) in [5.41, 5.74) is 4.51. The fourth-order valence-corrected chi connectivity index (χ4v) is 2.69. The van der Waals surface area contributed by atoms with Gasteiger partial charge in [-0.2, -0.15) is 5.26 Å². The van der Waals surface area contributed by atoms with Crippen molar-refractivity contribution in [3.05, 3.63) is 78.8 Å². The second kappa shape index (κ2) is 6.38. The lowest BCUT2D eigenvalue weighted by Crippen LogP contribution is -1.97. The van der Waals surface area contributed by atoms with E-state index < -0.39 is 0 Å². The van der Waals surface area contributed by atoms with E-state index in [9.17, 15) is 5.26 Å². The molecule has 0 radical (unpaired) electrons. The number of anilines is 2. The molecule has 0 fully saturated rings. The number of nitrogens with zero attached hydrogens (tertiary/aromatic N) is 4. The Labute approximate surface area is 144 Å². The summed E-state index contributed by atoms with van der Waals surface area (Å²) in [6.07, 6.45) is 5.18. The van der Waals surface area contributed by atoms with Crippen LogP contribution in [-0.2, 0) is 0 Å². The van der Waals surface area contributed by atoms with Gasteiger partial charge in [0.2, 0.25) is 0 Å². The molecule has 0 atom stereocenters. The molecule has 5 heteroatoms. The molecule has 0 saturated carbocycles. The molecule has 3 heterocycles. The highest BCUT2D eigenvalue weighted by molar-refractivity contribution is 5.93. The Morgan fingerprint density at radius 3 is 2.60 bits per heavy atom.